The topological polar surface area (TPSA) is 86.8 Å². The van der Waals surface area contributed by atoms with Crippen molar-refractivity contribution in [1.82, 2.24) is 15.1 Å². The summed E-state index contributed by atoms with van der Waals surface area (Å²) >= 11 is 12.4. The van der Waals surface area contributed by atoms with Gasteiger partial charge in [0.15, 0.2) is 0 Å². The van der Waals surface area contributed by atoms with E-state index in [0.717, 1.165) is 17.5 Å². The molecule has 3 aromatic rings. The minimum absolute atomic E-state index is 0.0383. The molecule has 0 aromatic heterocycles. The fourth-order valence-electron chi connectivity index (χ4n) is 4.80. The van der Waals surface area contributed by atoms with E-state index in [4.69, 9.17) is 23.2 Å². The highest BCUT2D eigenvalue weighted by Crippen LogP contribution is 2.26. The average Bonchev–Trinajstić information content (AvgIpc) is 3.22. The Bertz CT molecular complexity index is 1390. The lowest BCUT2D eigenvalue weighted by Gasteiger charge is -2.32. The van der Waals surface area contributed by atoms with E-state index in [9.17, 15) is 19.2 Å². The van der Waals surface area contributed by atoms with Gasteiger partial charge in [0, 0.05) is 32.0 Å². The molecule has 0 bridgehead atoms. The SMILES string of the molecule is CC[C@@H](C)NC(=O)[C@H](Cc1ccccc1)N(Cc1ccc(Cl)c(Cl)c1)C(=O)CCCN1C(=O)c2ccccc2C1=O. The molecule has 3 aromatic carbocycles. The predicted octanol–water partition coefficient (Wildman–Crippen LogP) is 5.92. The number of hydrogen-bond donors (Lipinski definition) is 1. The van der Waals surface area contributed by atoms with Crippen LogP contribution in [-0.2, 0) is 22.6 Å². The van der Waals surface area contributed by atoms with E-state index in [2.05, 4.69) is 5.32 Å². The fourth-order valence-corrected chi connectivity index (χ4v) is 5.12. The van der Waals surface area contributed by atoms with Crippen molar-refractivity contribution in [2.45, 2.75) is 58.2 Å². The Hall–Kier alpha value is -3.68. The highest BCUT2D eigenvalue weighted by Gasteiger charge is 2.35. The van der Waals surface area contributed by atoms with Crippen molar-refractivity contribution in [2.75, 3.05) is 6.54 Å². The van der Waals surface area contributed by atoms with Crippen LogP contribution < -0.4 is 5.32 Å². The summed E-state index contributed by atoms with van der Waals surface area (Å²) in [5.41, 5.74) is 2.38. The summed E-state index contributed by atoms with van der Waals surface area (Å²) in [5.74, 6) is -1.24. The molecule has 1 heterocycles. The van der Waals surface area contributed by atoms with Crippen LogP contribution in [0.3, 0.4) is 0 Å². The van der Waals surface area contributed by atoms with E-state index in [0.29, 0.717) is 27.6 Å². The van der Waals surface area contributed by atoms with E-state index in [1.54, 1.807) is 47.4 Å². The van der Waals surface area contributed by atoms with Crippen LogP contribution in [0.15, 0.2) is 72.8 Å². The molecule has 41 heavy (non-hydrogen) atoms. The molecule has 2 atom stereocenters. The van der Waals surface area contributed by atoms with Gasteiger partial charge >= 0.3 is 0 Å². The van der Waals surface area contributed by atoms with Gasteiger partial charge in [0.2, 0.25) is 11.8 Å². The summed E-state index contributed by atoms with van der Waals surface area (Å²) in [7, 11) is 0. The molecule has 0 spiro atoms. The largest absolute Gasteiger partial charge is 0.352 e. The quantitative estimate of drug-likeness (QED) is 0.264. The minimum Gasteiger partial charge on any atom is -0.352 e. The number of fused-ring (bicyclic) bond motifs is 1. The Morgan fingerprint density at radius 3 is 2.12 bits per heavy atom. The maximum atomic E-state index is 13.8. The van der Waals surface area contributed by atoms with E-state index in [1.807, 2.05) is 44.2 Å². The maximum Gasteiger partial charge on any atom is 0.261 e. The summed E-state index contributed by atoms with van der Waals surface area (Å²) in [6.07, 6.45) is 1.35. The number of benzene rings is 3. The molecule has 214 valence electrons. The zero-order valence-corrected chi connectivity index (χ0v) is 24.6. The first kappa shape index (κ1) is 30.3. The van der Waals surface area contributed by atoms with Crippen LogP contribution >= 0.6 is 23.2 Å². The minimum atomic E-state index is -0.798. The average molecular weight is 595 g/mol. The molecule has 0 saturated heterocycles. The second kappa shape index (κ2) is 13.8. The Balaban J connectivity index is 1.57. The number of nitrogens with one attached hydrogen (secondary N) is 1. The molecule has 7 nitrogen and oxygen atoms in total. The second-order valence-electron chi connectivity index (χ2n) is 10.2. The number of amides is 4. The molecule has 4 amide bonds. The highest BCUT2D eigenvalue weighted by atomic mass is 35.5. The lowest BCUT2D eigenvalue weighted by atomic mass is 10.0. The molecule has 0 fully saturated rings. The van der Waals surface area contributed by atoms with E-state index in [1.165, 1.54) is 4.90 Å². The van der Waals surface area contributed by atoms with Crippen molar-refractivity contribution >= 4 is 46.8 Å². The second-order valence-corrected chi connectivity index (χ2v) is 11.0. The molecule has 9 heteroatoms. The van der Waals surface area contributed by atoms with Crippen LogP contribution in [0, 0.1) is 0 Å². The number of nitrogens with zero attached hydrogens (tertiary/aromatic N) is 2. The number of halogens is 2. The molecule has 0 radical (unpaired) electrons. The molecule has 0 saturated carbocycles. The van der Waals surface area contributed by atoms with Gasteiger partial charge in [-0.3, -0.25) is 24.1 Å². The Morgan fingerprint density at radius 1 is 0.878 bits per heavy atom. The van der Waals surface area contributed by atoms with Crippen LogP contribution in [0.25, 0.3) is 0 Å². The van der Waals surface area contributed by atoms with Crippen molar-refractivity contribution < 1.29 is 19.2 Å². The van der Waals surface area contributed by atoms with Gasteiger partial charge in [0.1, 0.15) is 6.04 Å². The molecule has 1 aliphatic heterocycles. The van der Waals surface area contributed by atoms with Gasteiger partial charge in [-0.15, -0.1) is 0 Å². The third-order valence-electron chi connectivity index (χ3n) is 7.26. The number of hydrogen-bond acceptors (Lipinski definition) is 4. The summed E-state index contributed by atoms with van der Waals surface area (Å²) in [5, 5.41) is 3.78. The zero-order valence-electron chi connectivity index (χ0n) is 23.1. The van der Waals surface area contributed by atoms with Crippen LogP contribution in [0.4, 0.5) is 0 Å². The van der Waals surface area contributed by atoms with Gasteiger partial charge in [0.25, 0.3) is 11.8 Å². The first-order valence-corrected chi connectivity index (χ1v) is 14.5. The first-order valence-electron chi connectivity index (χ1n) is 13.7. The van der Waals surface area contributed by atoms with Crippen molar-refractivity contribution in [3.05, 3.63) is 105 Å². The van der Waals surface area contributed by atoms with Crippen LogP contribution in [0.1, 0.15) is 65.0 Å². The highest BCUT2D eigenvalue weighted by molar-refractivity contribution is 6.42. The lowest BCUT2D eigenvalue weighted by Crippen LogP contribution is -2.52. The molecule has 1 aliphatic rings. The zero-order chi connectivity index (χ0) is 29.5. The predicted molar refractivity (Wildman–Crippen MR) is 160 cm³/mol. The van der Waals surface area contributed by atoms with Crippen molar-refractivity contribution in [1.29, 1.82) is 0 Å². The number of carbonyl (C=O) groups excluding carboxylic acids is 4. The molecule has 0 unspecified atom stereocenters. The number of rotatable bonds is 12. The molecular formula is C32H33Cl2N3O4. The number of imide groups is 1. The van der Waals surface area contributed by atoms with Gasteiger partial charge in [-0.2, -0.15) is 0 Å². The Kier molecular flexibility index (Phi) is 10.2. The van der Waals surface area contributed by atoms with Gasteiger partial charge in [-0.25, -0.2) is 0 Å². The van der Waals surface area contributed by atoms with E-state index >= 15 is 0 Å². The van der Waals surface area contributed by atoms with Crippen molar-refractivity contribution in [2.24, 2.45) is 0 Å². The third kappa shape index (κ3) is 7.34. The summed E-state index contributed by atoms with van der Waals surface area (Å²) in [6.45, 7) is 4.13. The monoisotopic (exact) mass is 593 g/mol. The normalized spacial score (nSPS) is 14.0. The summed E-state index contributed by atoms with van der Waals surface area (Å²) in [4.78, 5) is 55.8. The van der Waals surface area contributed by atoms with Gasteiger partial charge in [0.05, 0.1) is 21.2 Å². The van der Waals surface area contributed by atoms with Crippen molar-refractivity contribution in [3.63, 3.8) is 0 Å². The molecular weight excluding hydrogens is 561 g/mol. The standard InChI is InChI=1S/C32H33Cl2N3O4/c1-3-21(2)35-30(39)28(19-22-10-5-4-6-11-22)37(20-23-15-16-26(33)27(34)18-23)29(38)14-9-17-36-31(40)24-12-7-8-13-25(24)32(36)41/h4-8,10-13,15-16,18,21,28H,3,9,14,17,19-20H2,1-2H3,(H,35,39)/t21-,28+/m1/s1. The molecule has 1 N–H and O–H groups in total. The summed E-state index contributed by atoms with van der Waals surface area (Å²) < 4.78 is 0. The smallest absolute Gasteiger partial charge is 0.261 e. The fraction of sp³-hybridized carbons (Fsp3) is 0.312. The van der Waals surface area contributed by atoms with E-state index in [-0.39, 0.29) is 55.6 Å². The van der Waals surface area contributed by atoms with Crippen LogP contribution in [-0.4, -0.2) is 52.1 Å². The van der Waals surface area contributed by atoms with Gasteiger partial charge in [-0.05, 0) is 55.2 Å². The van der Waals surface area contributed by atoms with E-state index < -0.39 is 6.04 Å². The molecule has 4 rings (SSSR count). The third-order valence-corrected chi connectivity index (χ3v) is 8.00. The molecule has 0 aliphatic carbocycles. The van der Waals surface area contributed by atoms with Gasteiger partial charge < -0.3 is 10.2 Å². The first-order chi connectivity index (χ1) is 19.7. The van der Waals surface area contributed by atoms with Crippen LogP contribution in [0.5, 0.6) is 0 Å². The lowest BCUT2D eigenvalue weighted by molar-refractivity contribution is -0.141. The maximum absolute atomic E-state index is 13.8. The summed E-state index contributed by atoms with van der Waals surface area (Å²) in [6, 6.07) is 20.5. The Labute approximate surface area is 250 Å². The van der Waals surface area contributed by atoms with Gasteiger partial charge in [-0.1, -0.05) is 78.7 Å². The number of carbonyl (C=O) groups is 4. The van der Waals surface area contributed by atoms with Crippen molar-refractivity contribution in [3.8, 4) is 0 Å². The van der Waals surface area contributed by atoms with Crippen LogP contribution in [0.2, 0.25) is 10.0 Å². The Morgan fingerprint density at radius 2 is 1.51 bits per heavy atom.